The molecular weight excluding hydrogens is 379 g/mol. The van der Waals surface area contributed by atoms with Crippen LogP contribution in [0.25, 0.3) is 0 Å². The molecule has 0 amide bonds. The summed E-state index contributed by atoms with van der Waals surface area (Å²) in [6, 6.07) is 0. The van der Waals surface area contributed by atoms with E-state index in [2.05, 4.69) is 66.8 Å². The fourth-order valence-electron chi connectivity index (χ4n) is 5.36. The minimum Gasteiger partial charge on any atom is -0.0841 e. The van der Waals surface area contributed by atoms with E-state index in [1.807, 2.05) is 0 Å². The van der Waals surface area contributed by atoms with Crippen molar-refractivity contribution in [3.63, 3.8) is 0 Å². The van der Waals surface area contributed by atoms with E-state index in [4.69, 9.17) is 0 Å². The Morgan fingerprint density at radius 1 is 1.18 bits per heavy atom. The molecule has 0 saturated carbocycles. The summed E-state index contributed by atoms with van der Waals surface area (Å²) in [5.41, 5.74) is 5.62. The summed E-state index contributed by atoms with van der Waals surface area (Å²) in [5.74, 6) is 2.41. The van der Waals surface area contributed by atoms with E-state index in [1.54, 1.807) is 16.7 Å². The van der Waals surface area contributed by atoms with Crippen LogP contribution in [0.4, 0.5) is 0 Å². The third kappa shape index (κ3) is 2.39. The van der Waals surface area contributed by atoms with Crippen molar-refractivity contribution in [2.45, 2.75) is 56.3 Å². The van der Waals surface area contributed by atoms with Gasteiger partial charge in [0.05, 0.1) is 0 Å². The molecule has 0 aromatic rings. The van der Waals surface area contributed by atoms with Crippen LogP contribution < -0.4 is 0 Å². The molecule has 4 rings (SSSR count). The molecule has 0 radical (unpaired) electrons. The number of hydrogen-bond acceptors (Lipinski definition) is 0. The molecule has 0 heterocycles. The molecule has 118 valence electrons. The van der Waals surface area contributed by atoms with Crippen LogP contribution in [0.15, 0.2) is 47.1 Å². The molecule has 4 aliphatic rings. The van der Waals surface area contributed by atoms with Gasteiger partial charge in [-0.15, -0.1) is 0 Å². The Balaban J connectivity index is 1.60. The van der Waals surface area contributed by atoms with E-state index in [0.29, 0.717) is 5.41 Å². The van der Waals surface area contributed by atoms with E-state index >= 15 is 0 Å². The Bertz CT molecular complexity index is 587. The molecule has 0 aromatic heterocycles. The molecule has 0 spiro atoms. The highest BCUT2D eigenvalue weighted by atomic mass is 127. The van der Waals surface area contributed by atoms with E-state index in [-0.39, 0.29) is 0 Å². The van der Waals surface area contributed by atoms with Crippen LogP contribution in [0.2, 0.25) is 0 Å². The number of alkyl halides is 1. The average Bonchev–Trinajstić information content (AvgIpc) is 2.77. The third-order valence-corrected chi connectivity index (χ3v) is 7.67. The molecule has 0 fully saturated rings. The molecule has 4 atom stereocenters. The number of rotatable bonds is 1. The fraction of sp³-hybridized carbons (Fsp3) is 0.619. The van der Waals surface area contributed by atoms with E-state index in [1.165, 1.54) is 38.5 Å². The van der Waals surface area contributed by atoms with E-state index < -0.39 is 0 Å². The van der Waals surface area contributed by atoms with Gasteiger partial charge >= 0.3 is 0 Å². The summed E-state index contributed by atoms with van der Waals surface area (Å²) in [6.07, 6.45) is 20.3. The summed E-state index contributed by atoms with van der Waals surface area (Å²) in [6.45, 7) is 5.01. The number of hydrogen-bond donors (Lipinski definition) is 0. The highest BCUT2D eigenvalue weighted by Crippen LogP contribution is 2.58. The Morgan fingerprint density at radius 3 is 2.82 bits per heavy atom. The molecule has 0 N–H and O–H groups in total. The van der Waals surface area contributed by atoms with E-state index in [0.717, 1.165) is 21.7 Å². The van der Waals surface area contributed by atoms with Crippen LogP contribution in [0.3, 0.4) is 0 Å². The molecular formula is C21H27I. The van der Waals surface area contributed by atoms with Gasteiger partial charge in [0, 0.05) is 3.92 Å². The highest BCUT2D eigenvalue weighted by molar-refractivity contribution is 14.1. The zero-order chi connectivity index (χ0) is 15.3. The van der Waals surface area contributed by atoms with Crippen molar-refractivity contribution < 1.29 is 0 Å². The predicted octanol–water partition coefficient (Wildman–Crippen LogP) is 6.40. The van der Waals surface area contributed by atoms with Crippen molar-refractivity contribution in [1.29, 1.82) is 0 Å². The van der Waals surface area contributed by atoms with Gasteiger partial charge in [-0.3, -0.25) is 0 Å². The van der Waals surface area contributed by atoms with E-state index in [9.17, 15) is 0 Å². The predicted molar refractivity (Wildman–Crippen MR) is 103 cm³/mol. The summed E-state index contributed by atoms with van der Waals surface area (Å²) < 4.78 is 0.757. The van der Waals surface area contributed by atoms with Crippen LogP contribution in [0, 0.1) is 23.2 Å². The number of allylic oxidation sites excluding steroid dienone is 8. The van der Waals surface area contributed by atoms with Gasteiger partial charge in [0.15, 0.2) is 0 Å². The molecule has 4 unspecified atom stereocenters. The molecule has 0 aromatic carbocycles. The third-order valence-electron chi connectivity index (χ3n) is 6.64. The first-order valence-corrected chi connectivity index (χ1v) is 10.2. The number of halogens is 1. The van der Waals surface area contributed by atoms with Crippen molar-refractivity contribution >= 4 is 22.6 Å². The molecule has 0 nitrogen and oxygen atoms in total. The largest absolute Gasteiger partial charge is 0.0841 e. The quantitative estimate of drug-likeness (QED) is 0.269. The molecule has 22 heavy (non-hydrogen) atoms. The maximum atomic E-state index is 2.62. The normalized spacial score (nSPS) is 39.5. The second-order valence-corrected chi connectivity index (χ2v) is 9.72. The molecule has 1 heteroatoms. The first-order valence-electron chi connectivity index (χ1n) is 8.98. The topological polar surface area (TPSA) is 0 Å². The van der Waals surface area contributed by atoms with Crippen LogP contribution in [0.1, 0.15) is 52.4 Å². The van der Waals surface area contributed by atoms with Crippen molar-refractivity contribution in [2.24, 2.45) is 23.2 Å². The van der Waals surface area contributed by atoms with Gasteiger partial charge in [-0.2, -0.15) is 0 Å². The van der Waals surface area contributed by atoms with Gasteiger partial charge in [-0.05, 0) is 67.3 Å². The average molecular weight is 406 g/mol. The van der Waals surface area contributed by atoms with Crippen LogP contribution in [-0.4, -0.2) is 3.92 Å². The first-order chi connectivity index (χ1) is 10.6. The zero-order valence-electron chi connectivity index (χ0n) is 13.8. The minimum atomic E-state index is 0.376. The van der Waals surface area contributed by atoms with Gasteiger partial charge < -0.3 is 0 Å². The fourth-order valence-corrected chi connectivity index (χ4v) is 5.96. The lowest BCUT2D eigenvalue weighted by Crippen LogP contribution is -2.29. The van der Waals surface area contributed by atoms with Crippen molar-refractivity contribution in [2.75, 3.05) is 0 Å². The van der Waals surface area contributed by atoms with Crippen LogP contribution in [-0.2, 0) is 0 Å². The monoisotopic (exact) mass is 406 g/mol. The zero-order valence-corrected chi connectivity index (χ0v) is 16.0. The lowest BCUT2D eigenvalue weighted by molar-refractivity contribution is 0.219. The SMILES string of the molecule is CC1(C)C2=C(CCC=C2)C2CC=C(C3C=CC(I)CC3)CC21. The maximum Gasteiger partial charge on any atom is 0.0289 e. The van der Waals surface area contributed by atoms with Crippen molar-refractivity contribution in [3.8, 4) is 0 Å². The summed E-state index contributed by atoms with van der Waals surface area (Å²) in [7, 11) is 0. The van der Waals surface area contributed by atoms with Crippen LogP contribution >= 0.6 is 22.6 Å². The lowest BCUT2D eigenvalue weighted by atomic mass is 9.66. The van der Waals surface area contributed by atoms with Gasteiger partial charge in [0.1, 0.15) is 0 Å². The van der Waals surface area contributed by atoms with Crippen LogP contribution in [0.5, 0.6) is 0 Å². The lowest BCUT2D eigenvalue weighted by Gasteiger charge is -2.38. The highest BCUT2D eigenvalue weighted by Gasteiger charge is 2.48. The standard InChI is InChI=1S/C21H27I/c1-21(2)19-6-4-3-5-17(19)18-12-9-15(13-20(18)21)14-7-10-16(22)11-8-14/h4,6-7,9-10,14,16,18,20H,3,5,8,11-13H2,1-2H3. The second kappa shape index (κ2) is 5.65. The first kappa shape index (κ1) is 15.2. The van der Waals surface area contributed by atoms with Crippen molar-refractivity contribution in [3.05, 3.63) is 47.1 Å². The number of fused-ring (bicyclic) bond motifs is 2. The molecule has 4 aliphatic carbocycles. The second-order valence-electron chi connectivity index (χ2n) is 8.12. The van der Waals surface area contributed by atoms with Gasteiger partial charge in [-0.1, -0.05) is 78.0 Å². The maximum absolute atomic E-state index is 2.62. The van der Waals surface area contributed by atoms with Crippen molar-refractivity contribution in [1.82, 2.24) is 0 Å². The Hall–Kier alpha value is -0.310. The molecule has 0 saturated heterocycles. The Kier molecular flexibility index (Phi) is 3.91. The summed E-state index contributed by atoms with van der Waals surface area (Å²) >= 11 is 2.57. The Morgan fingerprint density at radius 2 is 2.05 bits per heavy atom. The minimum absolute atomic E-state index is 0.376. The summed E-state index contributed by atoms with van der Waals surface area (Å²) in [4.78, 5) is 0. The molecule has 0 aliphatic heterocycles. The molecule has 0 bridgehead atoms. The van der Waals surface area contributed by atoms with Gasteiger partial charge in [0.25, 0.3) is 0 Å². The van der Waals surface area contributed by atoms with Gasteiger partial charge in [-0.25, -0.2) is 0 Å². The Labute approximate surface area is 149 Å². The smallest absolute Gasteiger partial charge is 0.0289 e. The summed E-state index contributed by atoms with van der Waals surface area (Å²) in [5, 5.41) is 0. The van der Waals surface area contributed by atoms with Gasteiger partial charge in [0.2, 0.25) is 0 Å².